The van der Waals surface area contributed by atoms with Crippen molar-refractivity contribution >= 4 is 0 Å². The Kier molecular flexibility index (Phi) is 10.00. The zero-order valence-electron chi connectivity index (χ0n) is 4.65. The molecule has 1 heteroatoms. The van der Waals surface area contributed by atoms with Crippen LogP contribution < -0.4 is 0 Å². The summed E-state index contributed by atoms with van der Waals surface area (Å²) < 4.78 is 0. The molecule has 1 nitrogen and oxygen atoms in total. The molecule has 0 unspecified atom stereocenters. The van der Waals surface area contributed by atoms with Crippen molar-refractivity contribution in [3.8, 4) is 0 Å². The van der Waals surface area contributed by atoms with E-state index in [1.807, 2.05) is 20.8 Å². The number of hydrogen-bond acceptors (Lipinski definition) is 1. The fourth-order valence-electron chi connectivity index (χ4n) is 0. The lowest BCUT2D eigenvalue weighted by Gasteiger charge is -2.11. The second-order valence-corrected chi connectivity index (χ2v) is 2.72. The van der Waals surface area contributed by atoms with Crippen molar-refractivity contribution < 1.29 is 5.11 Å². The van der Waals surface area contributed by atoms with Crippen LogP contribution in [0.15, 0.2) is 0 Å². The van der Waals surface area contributed by atoms with Gasteiger partial charge >= 0.3 is 0 Å². The maximum absolute atomic E-state index is 8.40. The van der Waals surface area contributed by atoms with Crippen LogP contribution in [-0.4, -0.2) is 11.7 Å². The molecule has 1 N–H and O–H groups in total. The van der Waals surface area contributed by atoms with Crippen LogP contribution in [0, 0.1) is 5.41 Å². The third kappa shape index (κ3) is 16.7. The summed E-state index contributed by atoms with van der Waals surface area (Å²) in [4.78, 5) is 0. The smallest absolute Gasteiger partial charge is 0.0479 e. The van der Waals surface area contributed by atoms with Gasteiger partial charge in [-0.15, -0.1) is 0 Å². The summed E-state index contributed by atoms with van der Waals surface area (Å²) in [6.07, 6.45) is 0. The Morgan fingerprint density at radius 2 is 1.25 bits per heavy atom. The van der Waals surface area contributed by atoms with E-state index < -0.39 is 0 Å². The topological polar surface area (TPSA) is 20.2 Å². The van der Waals surface area contributed by atoms with Gasteiger partial charge in [0.25, 0.3) is 0 Å². The molecule has 8 heavy (non-hydrogen) atoms. The minimum Gasteiger partial charge on any atom is -0.396 e. The predicted octanol–water partition coefficient (Wildman–Crippen LogP) is 2.30. The standard InChI is InChI=1S/C5H12O.2CH4/c1-5(2,3)4-6;;/h6H,4H2,1-3H3;2*1H4. The Balaban J connectivity index is -0.000000125. The summed E-state index contributed by atoms with van der Waals surface area (Å²) in [5, 5.41) is 8.40. The summed E-state index contributed by atoms with van der Waals surface area (Å²) >= 11 is 0. The molecule has 0 heterocycles. The maximum atomic E-state index is 8.40. The van der Waals surface area contributed by atoms with Crippen LogP contribution in [0.1, 0.15) is 35.6 Å². The van der Waals surface area contributed by atoms with Gasteiger partial charge in [-0.2, -0.15) is 0 Å². The van der Waals surface area contributed by atoms with Crippen molar-refractivity contribution in [2.75, 3.05) is 6.61 Å². The molecule has 0 rings (SSSR count). The molecule has 0 fully saturated rings. The van der Waals surface area contributed by atoms with Gasteiger partial charge in [-0.05, 0) is 5.41 Å². The number of hydrogen-bond donors (Lipinski definition) is 1. The van der Waals surface area contributed by atoms with Gasteiger partial charge in [0.05, 0.1) is 0 Å². The number of rotatable bonds is 0. The lowest BCUT2D eigenvalue weighted by molar-refractivity contribution is 0.177. The van der Waals surface area contributed by atoms with Crippen molar-refractivity contribution in [1.82, 2.24) is 0 Å². The van der Waals surface area contributed by atoms with Crippen molar-refractivity contribution in [2.45, 2.75) is 35.6 Å². The third-order valence-corrected chi connectivity index (χ3v) is 0.474. The fraction of sp³-hybridized carbons (Fsp3) is 1.00. The monoisotopic (exact) mass is 120 g/mol. The second-order valence-electron chi connectivity index (χ2n) is 2.72. The molecule has 0 bridgehead atoms. The summed E-state index contributed by atoms with van der Waals surface area (Å²) in [5.41, 5.74) is 0.0972. The summed E-state index contributed by atoms with van der Waals surface area (Å²) in [7, 11) is 0. The average Bonchev–Trinajstić information content (AvgIpc) is 1.35. The first-order valence-corrected chi connectivity index (χ1v) is 2.17. The first-order valence-electron chi connectivity index (χ1n) is 2.17. The van der Waals surface area contributed by atoms with Gasteiger partial charge in [-0.25, -0.2) is 0 Å². The van der Waals surface area contributed by atoms with Crippen LogP contribution in [-0.2, 0) is 0 Å². The zero-order valence-corrected chi connectivity index (χ0v) is 4.65. The molecule has 0 aromatic rings. The van der Waals surface area contributed by atoms with E-state index in [0.29, 0.717) is 0 Å². The van der Waals surface area contributed by atoms with Gasteiger partial charge < -0.3 is 5.11 Å². The van der Waals surface area contributed by atoms with Crippen LogP contribution in [0.3, 0.4) is 0 Å². The summed E-state index contributed by atoms with van der Waals surface area (Å²) in [6.45, 7) is 6.25. The van der Waals surface area contributed by atoms with E-state index in [2.05, 4.69) is 0 Å². The molecule has 0 saturated heterocycles. The highest BCUT2D eigenvalue weighted by Gasteiger charge is 2.05. The van der Waals surface area contributed by atoms with Crippen molar-refractivity contribution in [2.24, 2.45) is 5.41 Å². The molecule has 0 amide bonds. The number of aliphatic hydroxyl groups is 1. The van der Waals surface area contributed by atoms with E-state index >= 15 is 0 Å². The van der Waals surface area contributed by atoms with Crippen LogP contribution in [0.2, 0.25) is 0 Å². The average molecular weight is 120 g/mol. The lowest BCUT2D eigenvalue weighted by atomic mass is 9.99. The predicted molar refractivity (Wildman–Crippen MR) is 40.0 cm³/mol. The zero-order chi connectivity index (χ0) is 5.21. The first kappa shape index (κ1) is 15.7. The molecule has 0 saturated carbocycles. The Morgan fingerprint density at radius 3 is 1.25 bits per heavy atom. The highest BCUT2D eigenvalue weighted by molar-refractivity contribution is 4.55. The van der Waals surface area contributed by atoms with E-state index in [1.165, 1.54) is 0 Å². The Bertz CT molecular complexity index is 34.1. The Hall–Kier alpha value is -0.0400. The van der Waals surface area contributed by atoms with Crippen LogP contribution in [0.25, 0.3) is 0 Å². The summed E-state index contributed by atoms with van der Waals surface area (Å²) in [6, 6.07) is 0. The van der Waals surface area contributed by atoms with Gasteiger partial charge in [-0.3, -0.25) is 0 Å². The largest absolute Gasteiger partial charge is 0.396 e. The highest BCUT2D eigenvalue weighted by atomic mass is 16.3. The molecule has 0 aromatic carbocycles. The van der Waals surface area contributed by atoms with Crippen LogP contribution in [0.4, 0.5) is 0 Å². The van der Waals surface area contributed by atoms with Gasteiger partial charge in [0.1, 0.15) is 0 Å². The molecule has 0 aliphatic heterocycles. The maximum Gasteiger partial charge on any atom is 0.0479 e. The minimum absolute atomic E-state index is 0. The van der Waals surface area contributed by atoms with Crippen LogP contribution >= 0.6 is 0 Å². The van der Waals surface area contributed by atoms with Gasteiger partial charge in [-0.1, -0.05) is 35.6 Å². The summed E-state index contributed by atoms with van der Waals surface area (Å²) in [5.74, 6) is 0. The van der Waals surface area contributed by atoms with Crippen molar-refractivity contribution in [3.05, 3.63) is 0 Å². The number of aliphatic hydroxyl groups excluding tert-OH is 1. The molecular formula is C7H20O. The van der Waals surface area contributed by atoms with Crippen LogP contribution in [0.5, 0.6) is 0 Å². The van der Waals surface area contributed by atoms with Crippen molar-refractivity contribution in [3.63, 3.8) is 0 Å². The van der Waals surface area contributed by atoms with Gasteiger partial charge in [0.15, 0.2) is 0 Å². The molecule has 0 atom stereocenters. The first-order chi connectivity index (χ1) is 2.56. The van der Waals surface area contributed by atoms with Crippen molar-refractivity contribution in [1.29, 1.82) is 0 Å². The second kappa shape index (κ2) is 5.10. The third-order valence-electron chi connectivity index (χ3n) is 0.474. The van der Waals surface area contributed by atoms with Gasteiger partial charge in [0, 0.05) is 6.61 Å². The minimum atomic E-state index is 0. The van der Waals surface area contributed by atoms with E-state index in [4.69, 9.17) is 5.11 Å². The Morgan fingerprint density at radius 1 is 1.12 bits per heavy atom. The highest BCUT2D eigenvalue weighted by Crippen LogP contribution is 2.09. The normalized spacial score (nSPS) is 9.00. The molecule has 0 radical (unpaired) electrons. The molecule has 0 aliphatic carbocycles. The molecule has 0 aliphatic rings. The molecular weight excluding hydrogens is 100 g/mol. The lowest BCUT2D eigenvalue weighted by Crippen LogP contribution is -2.09. The van der Waals surface area contributed by atoms with E-state index in [9.17, 15) is 0 Å². The van der Waals surface area contributed by atoms with Gasteiger partial charge in [0.2, 0.25) is 0 Å². The SMILES string of the molecule is C.C.CC(C)(C)CO. The Labute approximate surface area is 53.7 Å². The van der Waals surface area contributed by atoms with E-state index in [-0.39, 0.29) is 26.9 Å². The quantitative estimate of drug-likeness (QED) is 0.520. The van der Waals surface area contributed by atoms with E-state index in [0.717, 1.165) is 0 Å². The molecule has 0 aromatic heterocycles. The fourth-order valence-corrected chi connectivity index (χ4v) is 0. The van der Waals surface area contributed by atoms with E-state index in [1.54, 1.807) is 0 Å². The molecule has 54 valence electrons. The molecule has 0 spiro atoms.